The Morgan fingerprint density at radius 1 is 1.39 bits per heavy atom. The van der Waals surface area contributed by atoms with E-state index in [-0.39, 0.29) is 12.6 Å². The third-order valence-corrected chi connectivity index (χ3v) is 2.96. The summed E-state index contributed by atoms with van der Waals surface area (Å²) in [6, 6.07) is 5.65. The lowest BCUT2D eigenvalue weighted by molar-refractivity contribution is 0.0152. The molecule has 0 saturated heterocycles. The summed E-state index contributed by atoms with van der Waals surface area (Å²) in [7, 11) is 0. The van der Waals surface area contributed by atoms with Crippen LogP contribution in [0.4, 0.5) is 8.78 Å². The minimum absolute atomic E-state index is 0.231. The van der Waals surface area contributed by atoms with Gasteiger partial charge in [-0.25, -0.2) is 8.78 Å². The van der Waals surface area contributed by atoms with Crippen molar-refractivity contribution in [1.29, 1.82) is 0 Å². The molecule has 1 atom stereocenters. The highest BCUT2D eigenvalue weighted by molar-refractivity contribution is 5.45. The van der Waals surface area contributed by atoms with Gasteiger partial charge in [-0.15, -0.1) is 0 Å². The summed E-state index contributed by atoms with van der Waals surface area (Å²) in [6.07, 6.45) is -1.02. The standard InChI is InChI=1S/C13H17F2NO2/c14-12(15)8-17-6-5-11(16)10-3-1-2-9-4-7-18-13(9)10/h1-3,11-12H,4-8,16H2. The fourth-order valence-corrected chi connectivity index (χ4v) is 2.07. The molecule has 5 heteroatoms. The largest absolute Gasteiger partial charge is 0.493 e. The van der Waals surface area contributed by atoms with Gasteiger partial charge in [-0.1, -0.05) is 18.2 Å². The lowest BCUT2D eigenvalue weighted by atomic mass is 10.0. The highest BCUT2D eigenvalue weighted by Crippen LogP contribution is 2.33. The molecule has 1 aromatic rings. The molecule has 0 amide bonds. The van der Waals surface area contributed by atoms with Crippen molar-refractivity contribution in [3.05, 3.63) is 29.3 Å². The number of benzene rings is 1. The number of halogens is 2. The van der Waals surface area contributed by atoms with Crippen LogP contribution < -0.4 is 10.5 Å². The maximum atomic E-state index is 11.9. The minimum Gasteiger partial charge on any atom is -0.493 e. The first-order valence-electron chi connectivity index (χ1n) is 6.04. The van der Waals surface area contributed by atoms with Crippen molar-refractivity contribution in [2.45, 2.75) is 25.3 Å². The van der Waals surface area contributed by atoms with Crippen LogP contribution in [0.25, 0.3) is 0 Å². The number of hydrogen-bond donors (Lipinski definition) is 1. The Bertz CT molecular complexity index is 399. The lowest BCUT2D eigenvalue weighted by Crippen LogP contribution is -2.15. The van der Waals surface area contributed by atoms with E-state index >= 15 is 0 Å². The molecule has 0 spiro atoms. The van der Waals surface area contributed by atoms with Crippen LogP contribution in [0.3, 0.4) is 0 Å². The Hall–Kier alpha value is -1.20. The number of hydrogen-bond acceptors (Lipinski definition) is 3. The van der Waals surface area contributed by atoms with Crippen molar-refractivity contribution in [2.75, 3.05) is 19.8 Å². The number of nitrogens with two attached hydrogens (primary N) is 1. The van der Waals surface area contributed by atoms with Gasteiger partial charge in [0.1, 0.15) is 12.4 Å². The number of ether oxygens (including phenoxy) is 2. The number of para-hydroxylation sites is 1. The molecule has 1 heterocycles. The zero-order valence-corrected chi connectivity index (χ0v) is 10.1. The molecule has 3 nitrogen and oxygen atoms in total. The molecular weight excluding hydrogens is 240 g/mol. The second kappa shape index (κ2) is 6.11. The van der Waals surface area contributed by atoms with Gasteiger partial charge in [0.15, 0.2) is 0 Å². The van der Waals surface area contributed by atoms with E-state index in [0.717, 1.165) is 23.3 Å². The fourth-order valence-electron chi connectivity index (χ4n) is 2.07. The van der Waals surface area contributed by atoms with E-state index in [1.54, 1.807) is 0 Å². The molecule has 0 bridgehead atoms. The van der Waals surface area contributed by atoms with Gasteiger partial charge >= 0.3 is 0 Å². The van der Waals surface area contributed by atoms with Gasteiger partial charge in [0.05, 0.1) is 6.61 Å². The molecule has 0 aliphatic carbocycles. The summed E-state index contributed by atoms with van der Waals surface area (Å²) in [4.78, 5) is 0. The highest BCUT2D eigenvalue weighted by atomic mass is 19.3. The molecule has 0 fully saturated rings. The molecule has 1 aromatic carbocycles. The van der Waals surface area contributed by atoms with Crippen molar-refractivity contribution in [3.63, 3.8) is 0 Å². The fraction of sp³-hybridized carbons (Fsp3) is 0.538. The van der Waals surface area contributed by atoms with Crippen LogP contribution in [0.15, 0.2) is 18.2 Å². The van der Waals surface area contributed by atoms with E-state index in [4.69, 9.17) is 15.2 Å². The van der Waals surface area contributed by atoms with Crippen LogP contribution in [0.5, 0.6) is 5.75 Å². The first-order valence-corrected chi connectivity index (χ1v) is 6.04. The summed E-state index contributed by atoms with van der Waals surface area (Å²) >= 11 is 0. The molecule has 2 N–H and O–H groups in total. The van der Waals surface area contributed by atoms with E-state index in [1.807, 2.05) is 18.2 Å². The summed E-state index contributed by atoms with van der Waals surface area (Å²) in [5.41, 5.74) is 8.14. The Morgan fingerprint density at radius 2 is 2.22 bits per heavy atom. The second-order valence-electron chi connectivity index (χ2n) is 4.30. The number of fused-ring (bicyclic) bond motifs is 1. The minimum atomic E-state index is -2.43. The monoisotopic (exact) mass is 257 g/mol. The van der Waals surface area contributed by atoms with Crippen molar-refractivity contribution in [1.82, 2.24) is 0 Å². The van der Waals surface area contributed by atoms with Gasteiger partial charge in [-0.3, -0.25) is 0 Å². The maximum absolute atomic E-state index is 11.9. The molecule has 1 unspecified atom stereocenters. The zero-order chi connectivity index (χ0) is 13.0. The second-order valence-corrected chi connectivity index (χ2v) is 4.30. The molecule has 0 aromatic heterocycles. The topological polar surface area (TPSA) is 44.5 Å². The molecule has 18 heavy (non-hydrogen) atoms. The van der Waals surface area contributed by atoms with E-state index < -0.39 is 13.0 Å². The lowest BCUT2D eigenvalue weighted by Gasteiger charge is -2.15. The average Bonchev–Trinajstić information content (AvgIpc) is 2.82. The maximum Gasteiger partial charge on any atom is 0.261 e. The normalized spacial score (nSPS) is 15.6. The smallest absolute Gasteiger partial charge is 0.261 e. The summed E-state index contributed by atoms with van der Waals surface area (Å²) in [5.74, 6) is 0.860. The third kappa shape index (κ3) is 3.17. The predicted molar refractivity (Wildman–Crippen MR) is 64.0 cm³/mol. The van der Waals surface area contributed by atoms with E-state index in [9.17, 15) is 8.78 Å². The van der Waals surface area contributed by atoms with E-state index in [2.05, 4.69) is 0 Å². The molecule has 2 rings (SSSR count). The van der Waals surface area contributed by atoms with Gasteiger partial charge in [-0.05, 0) is 12.0 Å². The Morgan fingerprint density at radius 3 is 3.00 bits per heavy atom. The molecule has 1 aliphatic rings. The van der Waals surface area contributed by atoms with Crippen LogP contribution in [-0.2, 0) is 11.2 Å². The summed E-state index contributed by atoms with van der Waals surface area (Å²) in [5, 5.41) is 0. The Labute approximate surface area is 105 Å². The van der Waals surface area contributed by atoms with Crippen LogP contribution in [0.1, 0.15) is 23.6 Å². The van der Waals surface area contributed by atoms with Crippen LogP contribution >= 0.6 is 0 Å². The molecule has 1 aliphatic heterocycles. The van der Waals surface area contributed by atoms with E-state index in [1.165, 1.54) is 0 Å². The first-order chi connectivity index (χ1) is 8.68. The van der Waals surface area contributed by atoms with Crippen LogP contribution in [0, 0.1) is 0 Å². The molecular formula is C13H17F2NO2. The van der Waals surface area contributed by atoms with Crippen molar-refractivity contribution < 1.29 is 18.3 Å². The zero-order valence-electron chi connectivity index (χ0n) is 10.1. The average molecular weight is 257 g/mol. The molecule has 0 radical (unpaired) electrons. The summed E-state index contributed by atoms with van der Waals surface area (Å²) < 4.78 is 34.2. The Balaban J connectivity index is 1.89. The SMILES string of the molecule is NC(CCOCC(F)F)c1cccc2c1OCC2. The van der Waals surface area contributed by atoms with Gasteiger partial charge < -0.3 is 15.2 Å². The quantitative estimate of drug-likeness (QED) is 0.795. The summed E-state index contributed by atoms with van der Waals surface area (Å²) in [6.45, 7) is 0.381. The first kappa shape index (κ1) is 13.2. The van der Waals surface area contributed by atoms with Crippen molar-refractivity contribution in [3.8, 4) is 5.75 Å². The Kier molecular flexibility index (Phi) is 4.49. The molecule has 100 valence electrons. The highest BCUT2D eigenvalue weighted by Gasteiger charge is 2.19. The van der Waals surface area contributed by atoms with Crippen LogP contribution in [-0.4, -0.2) is 26.2 Å². The molecule has 0 saturated carbocycles. The van der Waals surface area contributed by atoms with Crippen LogP contribution in [0.2, 0.25) is 0 Å². The number of alkyl halides is 2. The predicted octanol–water partition coefficient (Wildman–Crippen LogP) is 2.29. The van der Waals surface area contributed by atoms with Crippen molar-refractivity contribution >= 4 is 0 Å². The van der Waals surface area contributed by atoms with E-state index in [0.29, 0.717) is 13.0 Å². The van der Waals surface area contributed by atoms with Gasteiger partial charge in [0.25, 0.3) is 6.43 Å². The number of rotatable bonds is 6. The van der Waals surface area contributed by atoms with Crippen molar-refractivity contribution in [2.24, 2.45) is 5.73 Å². The van der Waals surface area contributed by atoms with Gasteiger partial charge in [0, 0.05) is 24.6 Å². The van der Waals surface area contributed by atoms with Gasteiger partial charge in [0.2, 0.25) is 0 Å². The van der Waals surface area contributed by atoms with Gasteiger partial charge in [-0.2, -0.15) is 0 Å². The third-order valence-electron chi connectivity index (χ3n) is 2.96.